The number of phenolic OH excluding ortho intramolecular Hbond substituents is 1. The van der Waals surface area contributed by atoms with Gasteiger partial charge in [0, 0.05) is 42.7 Å². The molecule has 5 rings (SSSR count). The third-order valence-corrected chi connectivity index (χ3v) is 8.21. The molecular formula is C31H33N3O3S. The molecule has 3 aromatic carbocycles. The Labute approximate surface area is 227 Å². The molecule has 1 saturated heterocycles. The first-order chi connectivity index (χ1) is 18.4. The second-order valence-electron chi connectivity index (χ2n) is 10.1. The quantitative estimate of drug-likeness (QED) is 0.300. The topological polar surface area (TPSA) is 76.9 Å². The fourth-order valence-corrected chi connectivity index (χ4v) is 6.20. The van der Waals surface area contributed by atoms with E-state index in [2.05, 4.69) is 89.3 Å². The zero-order valence-electron chi connectivity index (χ0n) is 21.7. The Morgan fingerprint density at radius 1 is 0.974 bits per heavy atom. The maximum absolute atomic E-state index is 11.0. The molecule has 1 aliphatic heterocycles. The van der Waals surface area contributed by atoms with Crippen LogP contribution in [0.5, 0.6) is 5.75 Å². The van der Waals surface area contributed by atoms with E-state index in [1.165, 1.54) is 16.9 Å². The number of carboxylic acid groups (broad SMARTS) is 1. The molecule has 0 radical (unpaired) electrons. The van der Waals surface area contributed by atoms with Gasteiger partial charge >= 0.3 is 5.97 Å². The van der Waals surface area contributed by atoms with Gasteiger partial charge in [0.15, 0.2) is 0 Å². The summed E-state index contributed by atoms with van der Waals surface area (Å²) in [6, 6.07) is 27.3. The summed E-state index contributed by atoms with van der Waals surface area (Å²) in [4.78, 5) is 20.6. The fourth-order valence-electron chi connectivity index (χ4n) is 5.38. The molecule has 4 aromatic rings. The van der Waals surface area contributed by atoms with Crippen LogP contribution in [-0.4, -0.2) is 56.1 Å². The zero-order valence-corrected chi connectivity index (χ0v) is 22.5. The van der Waals surface area contributed by atoms with E-state index in [-0.39, 0.29) is 18.2 Å². The second kappa shape index (κ2) is 11.5. The molecule has 1 aromatic heterocycles. The first kappa shape index (κ1) is 26.1. The van der Waals surface area contributed by atoms with Gasteiger partial charge in [0.1, 0.15) is 10.8 Å². The number of aromatic hydroxyl groups is 1. The largest absolute Gasteiger partial charge is 0.508 e. The predicted octanol–water partition coefficient (Wildman–Crippen LogP) is 5.83. The molecule has 1 aliphatic rings. The number of hydrogen-bond acceptors (Lipinski definition) is 6. The zero-order chi connectivity index (χ0) is 26.6. The van der Waals surface area contributed by atoms with Gasteiger partial charge in [0.2, 0.25) is 0 Å². The molecule has 38 heavy (non-hydrogen) atoms. The standard InChI is InChI=1S/C31H33N3O3S/c1-21-18-34(22(2)17-33(21)19-23-7-4-3-5-8-23)30(26-9-6-10-28(35)15-26)24-11-13-25(14-12-24)31-32-27(20-38-31)16-29(36)37/h3-15,20-22,30,35H,16-19H2,1-2H3,(H,36,37)/t21-,22+,30-/m1/s1. The number of nitrogens with zero attached hydrogens (tertiary/aromatic N) is 3. The highest BCUT2D eigenvalue weighted by atomic mass is 32.1. The van der Waals surface area contributed by atoms with Crippen molar-refractivity contribution >= 4 is 17.3 Å². The van der Waals surface area contributed by atoms with E-state index < -0.39 is 5.97 Å². The van der Waals surface area contributed by atoms with Crippen molar-refractivity contribution in [1.29, 1.82) is 0 Å². The smallest absolute Gasteiger partial charge is 0.309 e. The Balaban J connectivity index is 1.41. The maximum atomic E-state index is 11.0. The molecule has 1 fully saturated rings. The first-order valence-electron chi connectivity index (χ1n) is 13.0. The number of hydrogen-bond donors (Lipinski definition) is 2. The number of carbonyl (C=O) groups is 1. The van der Waals surface area contributed by atoms with Crippen LogP contribution in [-0.2, 0) is 17.8 Å². The van der Waals surface area contributed by atoms with E-state index in [1.54, 1.807) is 6.07 Å². The van der Waals surface area contributed by atoms with Gasteiger partial charge in [-0.25, -0.2) is 4.98 Å². The lowest BCUT2D eigenvalue weighted by molar-refractivity contribution is -0.136. The lowest BCUT2D eigenvalue weighted by atomic mass is 9.92. The van der Waals surface area contributed by atoms with E-state index in [0.717, 1.165) is 41.3 Å². The van der Waals surface area contributed by atoms with E-state index in [1.807, 2.05) is 17.5 Å². The molecule has 0 saturated carbocycles. The van der Waals surface area contributed by atoms with Crippen LogP contribution in [0.15, 0.2) is 84.2 Å². The average Bonchev–Trinajstić information content (AvgIpc) is 3.36. The van der Waals surface area contributed by atoms with Gasteiger partial charge in [-0.15, -0.1) is 11.3 Å². The molecule has 0 bridgehead atoms. The molecule has 0 aliphatic carbocycles. The highest BCUT2D eigenvalue weighted by Crippen LogP contribution is 2.36. The van der Waals surface area contributed by atoms with E-state index >= 15 is 0 Å². The summed E-state index contributed by atoms with van der Waals surface area (Å²) in [6.45, 7) is 7.37. The summed E-state index contributed by atoms with van der Waals surface area (Å²) >= 11 is 1.46. The molecule has 0 spiro atoms. The number of rotatable bonds is 8. The Morgan fingerprint density at radius 2 is 1.74 bits per heavy atom. The van der Waals surface area contributed by atoms with Crippen LogP contribution in [0, 0.1) is 0 Å². The van der Waals surface area contributed by atoms with Gasteiger partial charge < -0.3 is 10.2 Å². The highest BCUT2D eigenvalue weighted by molar-refractivity contribution is 7.13. The molecule has 7 heteroatoms. The van der Waals surface area contributed by atoms with Crippen LogP contribution in [0.25, 0.3) is 10.6 Å². The van der Waals surface area contributed by atoms with Crippen LogP contribution in [0.4, 0.5) is 0 Å². The summed E-state index contributed by atoms with van der Waals surface area (Å²) in [6.07, 6.45) is -0.0690. The Kier molecular flexibility index (Phi) is 7.88. The fraction of sp³-hybridized carbons (Fsp3) is 0.290. The third kappa shape index (κ3) is 5.96. The molecule has 0 amide bonds. The second-order valence-corrected chi connectivity index (χ2v) is 11.0. The minimum absolute atomic E-state index is 0.00802. The number of carboxylic acids is 1. The third-order valence-electron chi connectivity index (χ3n) is 7.27. The van der Waals surface area contributed by atoms with Crippen LogP contribution in [0.1, 0.15) is 42.3 Å². The van der Waals surface area contributed by atoms with Gasteiger partial charge in [-0.05, 0) is 42.7 Å². The summed E-state index contributed by atoms with van der Waals surface area (Å²) in [5, 5.41) is 22.0. The number of piperazine rings is 1. The summed E-state index contributed by atoms with van der Waals surface area (Å²) in [5.74, 6) is -0.611. The molecule has 2 N–H and O–H groups in total. The Morgan fingerprint density at radius 3 is 2.45 bits per heavy atom. The van der Waals surface area contributed by atoms with Crippen LogP contribution in [0.2, 0.25) is 0 Å². The Bertz CT molecular complexity index is 1370. The van der Waals surface area contributed by atoms with Gasteiger partial charge in [0.05, 0.1) is 18.2 Å². The number of thiazole rings is 1. The lowest BCUT2D eigenvalue weighted by Gasteiger charge is -2.47. The van der Waals surface area contributed by atoms with E-state index in [4.69, 9.17) is 5.11 Å². The van der Waals surface area contributed by atoms with Crippen LogP contribution < -0.4 is 0 Å². The van der Waals surface area contributed by atoms with Crippen molar-refractivity contribution in [1.82, 2.24) is 14.8 Å². The first-order valence-corrected chi connectivity index (χ1v) is 13.8. The lowest BCUT2D eigenvalue weighted by Crippen LogP contribution is -2.56. The highest BCUT2D eigenvalue weighted by Gasteiger charge is 2.35. The summed E-state index contributed by atoms with van der Waals surface area (Å²) in [5.41, 5.74) is 5.09. The van der Waals surface area contributed by atoms with Crippen molar-refractivity contribution in [2.24, 2.45) is 0 Å². The molecule has 6 nitrogen and oxygen atoms in total. The minimum Gasteiger partial charge on any atom is -0.508 e. The number of aromatic nitrogens is 1. The van der Waals surface area contributed by atoms with Crippen molar-refractivity contribution < 1.29 is 15.0 Å². The van der Waals surface area contributed by atoms with Crippen LogP contribution >= 0.6 is 11.3 Å². The molecule has 0 unspecified atom stereocenters. The normalized spacial score (nSPS) is 19.3. The molecule has 196 valence electrons. The monoisotopic (exact) mass is 527 g/mol. The number of benzene rings is 3. The van der Waals surface area contributed by atoms with Gasteiger partial charge in [0.25, 0.3) is 0 Å². The molecular weight excluding hydrogens is 494 g/mol. The van der Waals surface area contributed by atoms with Gasteiger partial charge in [-0.1, -0.05) is 66.7 Å². The van der Waals surface area contributed by atoms with Crippen molar-refractivity contribution in [2.75, 3.05) is 13.1 Å². The van der Waals surface area contributed by atoms with Crippen molar-refractivity contribution in [3.63, 3.8) is 0 Å². The van der Waals surface area contributed by atoms with Crippen molar-refractivity contribution in [3.05, 3.63) is 107 Å². The van der Waals surface area contributed by atoms with Gasteiger partial charge in [-0.2, -0.15) is 0 Å². The summed E-state index contributed by atoms with van der Waals surface area (Å²) < 4.78 is 0. The number of aliphatic carboxylic acids is 1. The molecule has 3 atom stereocenters. The number of phenols is 1. The van der Waals surface area contributed by atoms with Gasteiger partial charge in [-0.3, -0.25) is 14.6 Å². The van der Waals surface area contributed by atoms with E-state index in [9.17, 15) is 9.90 Å². The van der Waals surface area contributed by atoms with Crippen LogP contribution in [0.3, 0.4) is 0 Å². The predicted molar refractivity (Wildman–Crippen MR) is 151 cm³/mol. The minimum atomic E-state index is -0.877. The molecule has 2 heterocycles. The summed E-state index contributed by atoms with van der Waals surface area (Å²) in [7, 11) is 0. The average molecular weight is 528 g/mol. The maximum Gasteiger partial charge on any atom is 0.309 e. The van der Waals surface area contributed by atoms with Crippen molar-refractivity contribution in [2.45, 2.75) is 44.9 Å². The SMILES string of the molecule is C[C@@H]1CN([C@H](c2ccc(-c3nc(CC(=O)O)cs3)cc2)c2cccc(O)c2)[C@@H](C)CN1Cc1ccccc1. The Hall–Kier alpha value is -3.52. The van der Waals surface area contributed by atoms with Crippen molar-refractivity contribution in [3.8, 4) is 16.3 Å². The van der Waals surface area contributed by atoms with E-state index in [0.29, 0.717) is 17.8 Å².